The molecular weight excluding hydrogens is 342 g/mol. The van der Waals surface area contributed by atoms with E-state index in [-0.39, 0.29) is 11.5 Å². The highest BCUT2D eigenvalue weighted by atomic mass is 16.5. The van der Waals surface area contributed by atoms with E-state index in [1.54, 1.807) is 25.1 Å². The molecule has 1 aromatic heterocycles. The van der Waals surface area contributed by atoms with Gasteiger partial charge in [-0.3, -0.25) is 9.59 Å². The third-order valence-electron chi connectivity index (χ3n) is 4.98. The van der Waals surface area contributed by atoms with Crippen LogP contribution in [-0.4, -0.2) is 40.5 Å². The van der Waals surface area contributed by atoms with Crippen LogP contribution in [0.5, 0.6) is 5.75 Å². The van der Waals surface area contributed by atoms with Crippen LogP contribution in [0.4, 0.5) is 0 Å². The number of H-pyrrole nitrogens is 1. The normalized spacial score (nSPS) is 14.3. The van der Waals surface area contributed by atoms with E-state index in [0.717, 1.165) is 32.4 Å². The maximum atomic E-state index is 12.9. The first-order chi connectivity index (χ1) is 13.0. The van der Waals surface area contributed by atoms with Crippen molar-refractivity contribution in [2.45, 2.75) is 46.5 Å². The molecule has 0 aliphatic carbocycles. The van der Waals surface area contributed by atoms with Crippen LogP contribution in [0.25, 0.3) is 11.4 Å². The Hall–Kier alpha value is -2.63. The first kappa shape index (κ1) is 19.1. The Kier molecular flexibility index (Phi) is 5.94. The molecule has 2 heterocycles. The molecule has 6 heteroatoms. The van der Waals surface area contributed by atoms with Gasteiger partial charge in [0.2, 0.25) is 0 Å². The van der Waals surface area contributed by atoms with E-state index in [9.17, 15) is 9.59 Å². The minimum Gasteiger partial charge on any atom is -0.493 e. The van der Waals surface area contributed by atoms with Gasteiger partial charge in [-0.15, -0.1) is 0 Å². The molecule has 1 aliphatic heterocycles. The molecule has 1 fully saturated rings. The van der Waals surface area contributed by atoms with Gasteiger partial charge >= 0.3 is 0 Å². The third kappa shape index (κ3) is 4.21. The van der Waals surface area contributed by atoms with E-state index in [0.29, 0.717) is 40.6 Å². The minimum absolute atomic E-state index is 0.0178. The van der Waals surface area contributed by atoms with Gasteiger partial charge in [-0.1, -0.05) is 6.92 Å². The highest BCUT2D eigenvalue weighted by molar-refractivity contribution is 5.96. The van der Waals surface area contributed by atoms with Gasteiger partial charge in [0, 0.05) is 29.9 Å². The maximum absolute atomic E-state index is 12.9. The Morgan fingerprint density at radius 3 is 2.63 bits per heavy atom. The van der Waals surface area contributed by atoms with E-state index in [4.69, 9.17) is 4.74 Å². The number of carbonyl (C=O) groups is 1. The van der Waals surface area contributed by atoms with Gasteiger partial charge in [0.25, 0.3) is 11.5 Å². The summed E-state index contributed by atoms with van der Waals surface area (Å²) in [6.45, 7) is 7.73. The van der Waals surface area contributed by atoms with E-state index in [1.165, 1.54) is 6.42 Å². The van der Waals surface area contributed by atoms with Gasteiger partial charge in [0.05, 0.1) is 12.2 Å². The van der Waals surface area contributed by atoms with Crippen LogP contribution in [0.15, 0.2) is 23.0 Å². The summed E-state index contributed by atoms with van der Waals surface area (Å²) in [6.07, 6.45) is 4.13. The summed E-state index contributed by atoms with van der Waals surface area (Å²) in [5.74, 6) is 1.07. The number of carbonyl (C=O) groups excluding carboxylic acids is 1. The fraction of sp³-hybridized carbons (Fsp3) is 0.476. The minimum atomic E-state index is -0.174. The number of ether oxygens (including phenoxy) is 1. The predicted octanol–water partition coefficient (Wildman–Crippen LogP) is 3.47. The Bertz CT molecular complexity index is 883. The van der Waals surface area contributed by atoms with Crippen LogP contribution < -0.4 is 10.3 Å². The molecule has 1 aliphatic rings. The summed E-state index contributed by atoms with van der Waals surface area (Å²) < 4.78 is 5.84. The molecule has 0 spiro atoms. The number of likely N-dealkylation sites (tertiary alicyclic amines) is 1. The first-order valence-electron chi connectivity index (χ1n) is 9.65. The van der Waals surface area contributed by atoms with Crippen LogP contribution >= 0.6 is 0 Å². The Balaban J connectivity index is 2.03. The number of aromatic amines is 1. The summed E-state index contributed by atoms with van der Waals surface area (Å²) >= 11 is 0. The number of benzene rings is 1. The standard InChI is InChI=1S/C21H27N3O3/c1-4-12-27-18-9-8-16(21(26)24-10-6-5-7-11-24)13-17(18)19-22-15(3)14(2)20(25)23-19/h8-9,13H,4-7,10-12H2,1-3H3,(H,22,23,25). The van der Waals surface area contributed by atoms with E-state index in [1.807, 2.05) is 18.7 Å². The van der Waals surface area contributed by atoms with Gasteiger partial charge in [0.15, 0.2) is 0 Å². The van der Waals surface area contributed by atoms with Crippen LogP contribution in [0, 0.1) is 13.8 Å². The molecule has 0 unspecified atom stereocenters. The molecular formula is C21H27N3O3. The van der Waals surface area contributed by atoms with Gasteiger partial charge < -0.3 is 14.6 Å². The van der Waals surface area contributed by atoms with Crippen molar-refractivity contribution in [1.82, 2.24) is 14.9 Å². The lowest BCUT2D eigenvalue weighted by Gasteiger charge is -2.27. The van der Waals surface area contributed by atoms with Crippen LogP contribution in [0.2, 0.25) is 0 Å². The summed E-state index contributed by atoms with van der Waals surface area (Å²) in [7, 11) is 0. The Morgan fingerprint density at radius 2 is 1.96 bits per heavy atom. The summed E-state index contributed by atoms with van der Waals surface area (Å²) in [5, 5.41) is 0. The number of aromatic nitrogens is 2. The topological polar surface area (TPSA) is 75.3 Å². The molecule has 27 heavy (non-hydrogen) atoms. The second kappa shape index (κ2) is 8.37. The lowest BCUT2D eigenvalue weighted by molar-refractivity contribution is 0.0724. The molecule has 0 saturated carbocycles. The van der Waals surface area contributed by atoms with Gasteiger partial charge in [-0.25, -0.2) is 4.98 Å². The molecule has 3 rings (SSSR count). The monoisotopic (exact) mass is 369 g/mol. The van der Waals surface area contributed by atoms with E-state index >= 15 is 0 Å². The van der Waals surface area contributed by atoms with Crippen molar-refractivity contribution >= 4 is 5.91 Å². The number of hydrogen-bond acceptors (Lipinski definition) is 4. The zero-order chi connectivity index (χ0) is 19.4. The smallest absolute Gasteiger partial charge is 0.254 e. The lowest BCUT2D eigenvalue weighted by atomic mass is 10.1. The number of rotatable bonds is 5. The zero-order valence-electron chi connectivity index (χ0n) is 16.3. The van der Waals surface area contributed by atoms with Gasteiger partial charge in [-0.05, 0) is 57.7 Å². The molecule has 1 aromatic carbocycles. The van der Waals surface area contributed by atoms with Crippen molar-refractivity contribution in [3.8, 4) is 17.1 Å². The van der Waals surface area contributed by atoms with Crippen molar-refractivity contribution in [3.63, 3.8) is 0 Å². The second-order valence-corrected chi connectivity index (χ2v) is 7.04. The highest BCUT2D eigenvalue weighted by Crippen LogP contribution is 2.29. The number of piperidine rings is 1. The van der Waals surface area contributed by atoms with Crippen LogP contribution in [0.1, 0.15) is 54.2 Å². The molecule has 2 aromatic rings. The number of hydrogen-bond donors (Lipinski definition) is 1. The van der Waals surface area contributed by atoms with Gasteiger partial charge in [0.1, 0.15) is 11.6 Å². The summed E-state index contributed by atoms with van der Waals surface area (Å²) in [5.41, 5.74) is 2.33. The number of nitrogens with one attached hydrogen (secondary N) is 1. The Morgan fingerprint density at radius 1 is 1.22 bits per heavy atom. The molecule has 0 atom stereocenters. The van der Waals surface area contributed by atoms with Crippen LogP contribution in [0.3, 0.4) is 0 Å². The van der Waals surface area contributed by atoms with Crippen molar-refractivity contribution in [1.29, 1.82) is 0 Å². The molecule has 1 saturated heterocycles. The largest absolute Gasteiger partial charge is 0.493 e. The maximum Gasteiger partial charge on any atom is 0.254 e. The van der Waals surface area contributed by atoms with Crippen molar-refractivity contribution in [2.24, 2.45) is 0 Å². The van der Waals surface area contributed by atoms with E-state index < -0.39 is 0 Å². The zero-order valence-corrected chi connectivity index (χ0v) is 16.3. The SMILES string of the molecule is CCCOc1ccc(C(=O)N2CCCCC2)cc1-c1nc(C)c(C)c(=O)[nH]1. The van der Waals surface area contributed by atoms with Crippen molar-refractivity contribution in [3.05, 3.63) is 45.4 Å². The summed E-state index contributed by atoms with van der Waals surface area (Å²) in [6, 6.07) is 5.39. The molecule has 6 nitrogen and oxygen atoms in total. The molecule has 1 amide bonds. The average molecular weight is 369 g/mol. The number of aryl methyl sites for hydroxylation is 1. The Labute approximate surface area is 159 Å². The van der Waals surface area contributed by atoms with Crippen molar-refractivity contribution in [2.75, 3.05) is 19.7 Å². The molecule has 144 valence electrons. The molecule has 1 N–H and O–H groups in total. The summed E-state index contributed by atoms with van der Waals surface area (Å²) in [4.78, 5) is 34.3. The predicted molar refractivity (Wildman–Crippen MR) is 105 cm³/mol. The fourth-order valence-corrected chi connectivity index (χ4v) is 3.24. The van der Waals surface area contributed by atoms with Crippen LogP contribution in [-0.2, 0) is 0 Å². The van der Waals surface area contributed by atoms with E-state index in [2.05, 4.69) is 9.97 Å². The fourth-order valence-electron chi connectivity index (χ4n) is 3.24. The lowest BCUT2D eigenvalue weighted by Crippen LogP contribution is -2.35. The number of nitrogens with zero attached hydrogens (tertiary/aromatic N) is 2. The molecule has 0 bridgehead atoms. The highest BCUT2D eigenvalue weighted by Gasteiger charge is 2.21. The van der Waals surface area contributed by atoms with Gasteiger partial charge in [-0.2, -0.15) is 0 Å². The quantitative estimate of drug-likeness (QED) is 0.876. The number of amides is 1. The molecule has 0 radical (unpaired) electrons. The van der Waals surface area contributed by atoms with Crippen molar-refractivity contribution < 1.29 is 9.53 Å². The second-order valence-electron chi connectivity index (χ2n) is 7.04. The third-order valence-corrected chi connectivity index (χ3v) is 4.98. The first-order valence-corrected chi connectivity index (χ1v) is 9.65. The average Bonchev–Trinajstić information content (AvgIpc) is 2.70.